The van der Waals surface area contributed by atoms with Gasteiger partial charge < -0.3 is 5.32 Å². The van der Waals surface area contributed by atoms with Crippen LogP contribution >= 0.6 is 0 Å². The number of carbonyl (C=O) groups excluding carboxylic acids is 1. The molecule has 2 aromatic rings. The molecule has 1 aliphatic rings. The minimum absolute atomic E-state index is 0.107. The lowest BCUT2D eigenvalue weighted by Crippen LogP contribution is -2.46. The monoisotopic (exact) mass is 365 g/mol. The Bertz CT molecular complexity index is 886. The fourth-order valence-corrected chi connectivity index (χ4v) is 2.80. The van der Waals surface area contributed by atoms with E-state index in [1.165, 1.54) is 43.5 Å². The van der Waals surface area contributed by atoms with E-state index in [-0.39, 0.29) is 12.0 Å². The van der Waals surface area contributed by atoms with E-state index in [4.69, 9.17) is 0 Å². The standard InChI is InChI=1S/C18H15F4N3O/c1-25-10-13(15(24-25)16(20)21)17(26)23-18(22)9-3-2-4-14(18)11-5-7-12(19)8-6-11/h2-8,10,16H,9H2,1H3,(H,23,26). The molecule has 0 saturated heterocycles. The molecule has 1 N–H and O–H groups in total. The Morgan fingerprint density at radius 1 is 1.31 bits per heavy atom. The van der Waals surface area contributed by atoms with Crippen molar-refractivity contribution in [1.82, 2.24) is 15.1 Å². The van der Waals surface area contributed by atoms with Crippen molar-refractivity contribution in [3.63, 3.8) is 0 Å². The molecular weight excluding hydrogens is 350 g/mol. The predicted octanol–water partition coefficient (Wildman–Crippen LogP) is 3.94. The summed E-state index contributed by atoms with van der Waals surface area (Å²) in [6, 6.07) is 5.12. The zero-order valence-corrected chi connectivity index (χ0v) is 13.7. The van der Waals surface area contributed by atoms with Crippen molar-refractivity contribution in [1.29, 1.82) is 0 Å². The molecule has 1 heterocycles. The first-order valence-electron chi connectivity index (χ1n) is 7.76. The smallest absolute Gasteiger partial charge is 0.282 e. The molecule has 136 valence electrons. The lowest BCUT2D eigenvalue weighted by atomic mass is 9.90. The molecule has 0 saturated carbocycles. The van der Waals surface area contributed by atoms with Crippen LogP contribution in [0.1, 0.15) is 34.5 Å². The number of halogens is 4. The number of allylic oxidation sites excluding steroid dienone is 2. The van der Waals surface area contributed by atoms with Crippen molar-refractivity contribution < 1.29 is 22.4 Å². The SMILES string of the molecule is Cn1cc(C(=O)NC2(F)CC=CC=C2c2ccc(F)cc2)c(C(F)F)n1. The number of aryl methyl sites for hydroxylation is 1. The van der Waals surface area contributed by atoms with Crippen LogP contribution in [0.5, 0.6) is 0 Å². The quantitative estimate of drug-likeness (QED) is 0.659. The highest BCUT2D eigenvalue weighted by molar-refractivity contribution is 5.97. The largest absolute Gasteiger partial charge is 0.316 e. The van der Waals surface area contributed by atoms with Gasteiger partial charge in [-0.05, 0) is 17.7 Å². The van der Waals surface area contributed by atoms with Gasteiger partial charge in [0.15, 0.2) is 0 Å². The van der Waals surface area contributed by atoms with Gasteiger partial charge in [-0.25, -0.2) is 17.6 Å². The van der Waals surface area contributed by atoms with E-state index in [1.54, 1.807) is 6.08 Å². The number of benzene rings is 1. The number of hydrogen-bond acceptors (Lipinski definition) is 2. The van der Waals surface area contributed by atoms with Crippen LogP contribution in [0, 0.1) is 5.82 Å². The Morgan fingerprint density at radius 3 is 2.65 bits per heavy atom. The van der Waals surface area contributed by atoms with E-state index in [1.807, 2.05) is 0 Å². The summed E-state index contributed by atoms with van der Waals surface area (Å²) in [5, 5.41) is 5.72. The van der Waals surface area contributed by atoms with E-state index < -0.39 is 35.2 Å². The summed E-state index contributed by atoms with van der Waals surface area (Å²) < 4.78 is 55.8. The van der Waals surface area contributed by atoms with Crippen LogP contribution in [-0.4, -0.2) is 21.5 Å². The molecule has 0 fully saturated rings. The fourth-order valence-electron chi connectivity index (χ4n) is 2.80. The van der Waals surface area contributed by atoms with E-state index >= 15 is 4.39 Å². The van der Waals surface area contributed by atoms with Crippen LogP contribution in [0.2, 0.25) is 0 Å². The van der Waals surface area contributed by atoms with E-state index in [2.05, 4.69) is 10.4 Å². The number of rotatable bonds is 4. The molecule has 8 heteroatoms. The minimum atomic E-state index is -2.97. The van der Waals surface area contributed by atoms with Gasteiger partial charge in [0.25, 0.3) is 12.3 Å². The molecule has 0 bridgehead atoms. The Balaban J connectivity index is 1.92. The fraction of sp³-hybridized carbons (Fsp3) is 0.222. The third-order valence-corrected chi connectivity index (χ3v) is 4.00. The lowest BCUT2D eigenvalue weighted by Gasteiger charge is -2.30. The number of hydrogen-bond donors (Lipinski definition) is 1. The maximum atomic E-state index is 15.5. The summed E-state index contributed by atoms with van der Waals surface area (Å²) in [7, 11) is 1.39. The summed E-state index contributed by atoms with van der Waals surface area (Å²) in [6.45, 7) is 0. The van der Waals surface area contributed by atoms with Crippen molar-refractivity contribution in [2.24, 2.45) is 7.05 Å². The van der Waals surface area contributed by atoms with Crippen molar-refractivity contribution in [3.8, 4) is 0 Å². The van der Waals surface area contributed by atoms with Crippen molar-refractivity contribution >= 4 is 11.5 Å². The van der Waals surface area contributed by atoms with Crippen LogP contribution in [0.25, 0.3) is 5.57 Å². The van der Waals surface area contributed by atoms with Gasteiger partial charge in [0.05, 0.1) is 5.56 Å². The predicted molar refractivity (Wildman–Crippen MR) is 87.6 cm³/mol. The van der Waals surface area contributed by atoms with Gasteiger partial charge in [-0.1, -0.05) is 30.4 Å². The van der Waals surface area contributed by atoms with Crippen molar-refractivity contribution in [2.45, 2.75) is 18.6 Å². The molecule has 1 amide bonds. The van der Waals surface area contributed by atoms with Crippen LogP contribution in [0.15, 0.2) is 48.7 Å². The summed E-state index contributed by atoms with van der Waals surface area (Å²) in [6.07, 6.45) is 2.52. The number of amides is 1. The van der Waals surface area contributed by atoms with Gasteiger partial charge in [-0.2, -0.15) is 5.10 Å². The van der Waals surface area contributed by atoms with Gasteiger partial charge >= 0.3 is 0 Å². The molecule has 1 aliphatic carbocycles. The Morgan fingerprint density at radius 2 is 2.00 bits per heavy atom. The molecule has 0 radical (unpaired) electrons. The zero-order valence-electron chi connectivity index (χ0n) is 13.7. The molecule has 1 unspecified atom stereocenters. The maximum absolute atomic E-state index is 15.5. The summed E-state index contributed by atoms with van der Waals surface area (Å²) in [4.78, 5) is 12.4. The zero-order chi connectivity index (χ0) is 18.9. The first-order valence-corrected chi connectivity index (χ1v) is 7.76. The molecule has 1 aromatic heterocycles. The summed E-state index contributed by atoms with van der Waals surface area (Å²) in [5.41, 5.74) is -0.630. The Hall–Kier alpha value is -2.90. The minimum Gasteiger partial charge on any atom is -0.316 e. The normalized spacial score (nSPS) is 19.5. The molecule has 1 aromatic carbocycles. The Labute approximate surface area is 146 Å². The summed E-state index contributed by atoms with van der Waals surface area (Å²) >= 11 is 0. The third-order valence-electron chi connectivity index (χ3n) is 4.00. The van der Waals surface area contributed by atoms with E-state index in [0.29, 0.717) is 5.56 Å². The first-order chi connectivity index (χ1) is 12.3. The molecule has 26 heavy (non-hydrogen) atoms. The van der Waals surface area contributed by atoms with Crippen molar-refractivity contribution in [2.75, 3.05) is 0 Å². The number of alkyl halides is 3. The second-order valence-corrected chi connectivity index (χ2v) is 5.88. The van der Waals surface area contributed by atoms with Crippen LogP contribution in [0.4, 0.5) is 17.6 Å². The number of aromatic nitrogens is 2. The lowest BCUT2D eigenvalue weighted by molar-refractivity contribution is 0.0821. The van der Waals surface area contributed by atoms with E-state index in [9.17, 15) is 18.0 Å². The van der Waals surface area contributed by atoms with Gasteiger partial charge in [-0.3, -0.25) is 9.48 Å². The summed E-state index contributed by atoms with van der Waals surface area (Å²) in [5.74, 6) is -3.80. The maximum Gasteiger partial charge on any atom is 0.282 e. The average molecular weight is 365 g/mol. The third kappa shape index (κ3) is 3.40. The molecule has 0 aliphatic heterocycles. The highest BCUT2D eigenvalue weighted by Crippen LogP contribution is 2.35. The Kier molecular flexibility index (Phi) is 4.67. The van der Waals surface area contributed by atoms with Gasteiger partial charge in [0.2, 0.25) is 5.79 Å². The van der Waals surface area contributed by atoms with Gasteiger partial charge in [0, 0.05) is 25.2 Å². The molecule has 4 nitrogen and oxygen atoms in total. The topological polar surface area (TPSA) is 46.9 Å². The van der Waals surface area contributed by atoms with Crippen LogP contribution in [0.3, 0.4) is 0 Å². The number of carbonyl (C=O) groups is 1. The van der Waals surface area contributed by atoms with Gasteiger partial charge in [-0.15, -0.1) is 0 Å². The van der Waals surface area contributed by atoms with Crippen molar-refractivity contribution in [3.05, 3.63) is 71.3 Å². The molecule has 3 rings (SSSR count). The first kappa shape index (κ1) is 17.9. The van der Waals surface area contributed by atoms with E-state index in [0.717, 1.165) is 10.9 Å². The van der Waals surface area contributed by atoms with Crippen LogP contribution in [-0.2, 0) is 7.05 Å². The highest BCUT2D eigenvalue weighted by Gasteiger charge is 2.38. The number of nitrogens with zero attached hydrogens (tertiary/aromatic N) is 2. The second-order valence-electron chi connectivity index (χ2n) is 5.88. The molecule has 1 atom stereocenters. The molecular formula is C18H15F4N3O. The molecule has 0 spiro atoms. The van der Waals surface area contributed by atoms with Gasteiger partial charge in [0.1, 0.15) is 11.5 Å². The average Bonchev–Trinajstić information content (AvgIpc) is 2.98. The highest BCUT2D eigenvalue weighted by atomic mass is 19.3. The number of nitrogens with one attached hydrogen (secondary N) is 1. The second kappa shape index (κ2) is 6.78. The van der Waals surface area contributed by atoms with Crippen LogP contribution < -0.4 is 5.32 Å².